The second-order valence-corrected chi connectivity index (χ2v) is 8.87. The van der Waals surface area contributed by atoms with Gasteiger partial charge in [0.05, 0.1) is 12.3 Å². The molecule has 1 aromatic heterocycles. The number of hydrogen-bond acceptors (Lipinski definition) is 7. The lowest BCUT2D eigenvalue weighted by molar-refractivity contribution is 0.0676. The number of carbonyl (C=O) groups excluding carboxylic acids is 1. The number of ether oxygens (including phenoxy) is 2. The second-order valence-electron chi connectivity index (χ2n) is 7.63. The highest BCUT2D eigenvalue weighted by molar-refractivity contribution is 7.46. The molecule has 13 heteroatoms. The first-order chi connectivity index (χ1) is 15.6. The van der Waals surface area contributed by atoms with Gasteiger partial charge < -0.3 is 29.3 Å². The zero-order chi connectivity index (χ0) is 23.8. The van der Waals surface area contributed by atoms with Gasteiger partial charge in [-0.25, -0.2) is 14.2 Å². The van der Waals surface area contributed by atoms with Gasteiger partial charge in [-0.3, -0.25) is 14.4 Å². The molecule has 2 aliphatic rings. The van der Waals surface area contributed by atoms with Crippen LogP contribution in [0.4, 0.5) is 15.3 Å². The summed E-state index contributed by atoms with van der Waals surface area (Å²) in [6.45, 7) is -0.0401. The van der Waals surface area contributed by atoms with Crippen LogP contribution in [0.2, 0.25) is 0 Å². The van der Waals surface area contributed by atoms with Gasteiger partial charge in [0.15, 0.2) is 6.10 Å². The van der Waals surface area contributed by atoms with Crippen LogP contribution in [0, 0.1) is 0 Å². The molecule has 33 heavy (non-hydrogen) atoms. The third-order valence-electron chi connectivity index (χ3n) is 5.43. The number of nitrogens with zero attached hydrogens (tertiary/aromatic N) is 3. The molecular formula is C20H22N3O9P. The van der Waals surface area contributed by atoms with E-state index in [1.165, 1.54) is 16.8 Å². The maximum absolute atomic E-state index is 12.4. The molecule has 4 rings (SSSR count). The van der Waals surface area contributed by atoms with Gasteiger partial charge in [-0.2, -0.15) is 0 Å². The lowest BCUT2D eigenvalue weighted by atomic mass is 10.0. The number of aromatic nitrogens is 1. The summed E-state index contributed by atoms with van der Waals surface area (Å²) in [6.07, 6.45) is -0.348. The van der Waals surface area contributed by atoms with Crippen LogP contribution in [0.3, 0.4) is 0 Å². The van der Waals surface area contributed by atoms with E-state index in [-0.39, 0.29) is 6.61 Å². The van der Waals surface area contributed by atoms with Crippen LogP contribution in [0.1, 0.15) is 5.69 Å². The number of phosphoric acid groups is 1. The molecule has 0 saturated carbocycles. The molecule has 0 radical (unpaired) electrons. The highest BCUT2D eigenvalue weighted by atomic mass is 31.2. The molecule has 3 heterocycles. The van der Waals surface area contributed by atoms with E-state index < -0.39 is 38.8 Å². The van der Waals surface area contributed by atoms with Gasteiger partial charge in [-0.15, -0.1) is 0 Å². The topological polar surface area (TPSA) is 159 Å². The second kappa shape index (κ2) is 8.99. The molecular weight excluding hydrogens is 457 g/mol. The molecule has 3 N–H and O–H groups in total. The van der Waals surface area contributed by atoms with Crippen molar-refractivity contribution in [3.8, 4) is 16.9 Å². The van der Waals surface area contributed by atoms with Gasteiger partial charge in [-0.05, 0) is 23.8 Å². The molecule has 0 spiro atoms. The lowest BCUT2D eigenvalue weighted by Gasteiger charge is -2.31. The number of likely N-dealkylation sites (N-methyl/N-ethyl adjacent to an activating group) is 1. The number of benzene rings is 1. The fourth-order valence-corrected chi connectivity index (χ4v) is 3.99. The standard InChI is InChI=1S/C20H22N3O9P/c1-22(19(24)25)7-6-14-4-2-13(9-21-14)12-3-5-15-17(8-12)30-10-16-18(11-31-33(27,28)29)32-20(26)23(15)16/h2-5,8-9,16,18H,6-7,10-11H2,1H3,(H,24,25)(H2,27,28,29)/t16-,18-/m0/s1. The SMILES string of the molecule is CN(CCc1ccc(-c2ccc3c(c2)OC[C@H]2[C@H](COP(=O)(O)O)OC(=O)N32)cn1)C(=O)O. The first-order valence-corrected chi connectivity index (χ1v) is 11.5. The summed E-state index contributed by atoms with van der Waals surface area (Å²) in [6, 6.07) is 8.40. The van der Waals surface area contributed by atoms with Crippen LogP contribution in [-0.4, -0.2) is 75.9 Å². The highest BCUT2D eigenvalue weighted by Gasteiger charge is 2.47. The molecule has 1 aromatic carbocycles. The van der Waals surface area contributed by atoms with Crippen molar-refractivity contribution in [1.82, 2.24) is 9.88 Å². The van der Waals surface area contributed by atoms with Crippen molar-refractivity contribution in [3.05, 3.63) is 42.2 Å². The smallest absolute Gasteiger partial charge is 0.469 e. The number of carbonyl (C=O) groups is 2. The summed E-state index contributed by atoms with van der Waals surface area (Å²) < 4.78 is 26.5. The van der Waals surface area contributed by atoms with E-state index in [0.717, 1.165) is 16.8 Å². The number of hydrogen-bond donors (Lipinski definition) is 3. The number of carboxylic acid groups (broad SMARTS) is 1. The number of amides is 2. The van der Waals surface area contributed by atoms with Crippen LogP contribution in [-0.2, 0) is 20.2 Å². The average Bonchev–Trinajstić information content (AvgIpc) is 3.11. The minimum absolute atomic E-state index is 0.0751. The molecule has 0 bridgehead atoms. The van der Waals surface area contributed by atoms with Crippen molar-refractivity contribution >= 4 is 25.7 Å². The van der Waals surface area contributed by atoms with Crippen molar-refractivity contribution in [3.63, 3.8) is 0 Å². The maximum atomic E-state index is 12.4. The fraction of sp³-hybridized carbons (Fsp3) is 0.350. The number of pyridine rings is 1. The molecule has 0 aliphatic carbocycles. The number of anilines is 1. The Balaban J connectivity index is 1.47. The maximum Gasteiger partial charge on any atom is 0.469 e. The Hall–Kier alpha value is -3.18. The number of fused-ring (bicyclic) bond motifs is 3. The van der Waals surface area contributed by atoms with Gasteiger partial charge in [0.25, 0.3) is 0 Å². The Kier molecular flexibility index (Phi) is 6.26. The van der Waals surface area contributed by atoms with Crippen molar-refractivity contribution in [2.24, 2.45) is 0 Å². The first-order valence-electron chi connectivity index (χ1n) is 9.98. The van der Waals surface area contributed by atoms with Crippen LogP contribution in [0.25, 0.3) is 11.1 Å². The van der Waals surface area contributed by atoms with E-state index in [2.05, 4.69) is 9.51 Å². The quantitative estimate of drug-likeness (QED) is 0.502. The largest absolute Gasteiger partial charge is 0.489 e. The summed E-state index contributed by atoms with van der Waals surface area (Å²) in [5, 5.41) is 8.92. The predicted octanol–water partition coefficient (Wildman–Crippen LogP) is 2.10. The van der Waals surface area contributed by atoms with Crippen molar-refractivity contribution in [1.29, 1.82) is 0 Å². The highest BCUT2D eigenvalue weighted by Crippen LogP contribution is 2.42. The number of rotatable bonds is 7. The summed E-state index contributed by atoms with van der Waals surface area (Å²) >= 11 is 0. The Morgan fingerprint density at radius 1 is 1.30 bits per heavy atom. The van der Waals surface area contributed by atoms with Crippen LogP contribution >= 0.6 is 7.82 Å². The Labute approximate surface area is 188 Å². The molecule has 1 fully saturated rings. The third-order valence-corrected chi connectivity index (χ3v) is 5.92. The summed E-state index contributed by atoms with van der Waals surface area (Å²) in [5.74, 6) is 0.462. The number of cyclic esters (lactones) is 1. The predicted molar refractivity (Wildman–Crippen MR) is 114 cm³/mol. The Morgan fingerprint density at radius 3 is 2.73 bits per heavy atom. The fourth-order valence-electron chi connectivity index (χ4n) is 3.65. The van der Waals surface area contributed by atoms with Gasteiger partial charge in [0.2, 0.25) is 0 Å². The lowest BCUT2D eigenvalue weighted by Crippen LogP contribution is -2.45. The molecule has 2 aromatic rings. The molecule has 176 valence electrons. The van der Waals surface area contributed by atoms with E-state index in [1.807, 2.05) is 12.1 Å². The third kappa shape index (κ3) is 5.09. The van der Waals surface area contributed by atoms with E-state index in [4.69, 9.17) is 24.4 Å². The normalized spacial score (nSPS) is 19.4. The zero-order valence-corrected chi connectivity index (χ0v) is 18.4. The molecule has 1 saturated heterocycles. The van der Waals surface area contributed by atoms with E-state index in [9.17, 15) is 14.2 Å². The van der Waals surface area contributed by atoms with Gasteiger partial charge in [0, 0.05) is 37.5 Å². The van der Waals surface area contributed by atoms with Crippen molar-refractivity contribution < 1.29 is 43.0 Å². The molecule has 0 unspecified atom stereocenters. The Morgan fingerprint density at radius 2 is 2.06 bits per heavy atom. The van der Waals surface area contributed by atoms with E-state index in [0.29, 0.717) is 24.4 Å². The summed E-state index contributed by atoms with van der Waals surface area (Å²) in [7, 11) is -3.20. The molecule has 2 atom stereocenters. The van der Waals surface area contributed by atoms with Crippen LogP contribution in [0.15, 0.2) is 36.5 Å². The minimum atomic E-state index is -4.69. The van der Waals surface area contributed by atoms with E-state index in [1.54, 1.807) is 24.4 Å². The summed E-state index contributed by atoms with van der Waals surface area (Å²) in [4.78, 5) is 48.1. The van der Waals surface area contributed by atoms with E-state index >= 15 is 0 Å². The molecule has 2 amide bonds. The van der Waals surface area contributed by atoms with Crippen molar-refractivity contribution in [2.45, 2.75) is 18.6 Å². The monoisotopic (exact) mass is 479 g/mol. The van der Waals surface area contributed by atoms with Crippen LogP contribution in [0.5, 0.6) is 5.75 Å². The molecule has 2 aliphatic heterocycles. The molecule has 12 nitrogen and oxygen atoms in total. The minimum Gasteiger partial charge on any atom is -0.489 e. The van der Waals surface area contributed by atoms with Crippen LogP contribution < -0.4 is 9.64 Å². The summed E-state index contributed by atoms with van der Waals surface area (Å²) in [5.41, 5.74) is 2.87. The van der Waals surface area contributed by atoms with Gasteiger partial charge in [-0.1, -0.05) is 12.1 Å². The zero-order valence-electron chi connectivity index (χ0n) is 17.5. The first kappa shape index (κ1) is 23.0. The van der Waals surface area contributed by atoms with Crippen molar-refractivity contribution in [2.75, 3.05) is 31.7 Å². The van der Waals surface area contributed by atoms with Gasteiger partial charge in [0.1, 0.15) is 18.4 Å². The average molecular weight is 479 g/mol. The Bertz CT molecular complexity index is 1100. The van der Waals surface area contributed by atoms with Gasteiger partial charge >= 0.3 is 20.0 Å². The number of phosphoric ester groups is 1.